The number of anilines is 2. The third-order valence-electron chi connectivity index (χ3n) is 3.70. The van der Waals surface area contributed by atoms with Crippen molar-refractivity contribution in [2.45, 2.75) is 20.8 Å². The number of carbonyl (C=O) groups excluding carboxylic acids is 1. The summed E-state index contributed by atoms with van der Waals surface area (Å²) in [5, 5.41) is 25.5. The number of nitro benzene ring substituents is 1. The van der Waals surface area contributed by atoms with Crippen molar-refractivity contribution in [1.29, 1.82) is 5.26 Å². The van der Waals surface area contributed by atoms with Crippen molar-refractivity contribution in [3.05, 3.63) is 62.7 Å². The van der Waals surface area contributed by atoms with Gasteiger partial charge in [-0.15, -0.1) is 0 Å². The van der Waals surface area contributed by atoms with Crippen LogP contribution in [-0.4, -0.2) is 17.4 Å². The van der Waals surface area contributed by atoms with Crippen molar-refractivity contribution in [2.24, 2.45) is 0 Å². The lowest BCUT2D eigenvalue weighted by Crippen LogP contribution is -2.23. The summed E-state index contributed by atoms with van der Waals surface area (Å²) in [6.45, 7) is 5.68. The van der Waals surface area contributed by atoms with Crippen LogP contribution in [0.1, 0.15) is 22.3 Å². The number of amides is 1. The fourth-order valence-corrected chi connectivity index (χ4v) is 2.64. The summed E-state index contributed by atoms with van der Waals surface area (Å²) in [4.78, 5) is 22.7. The van der Waals surface area contributed by atoms with E-state index in [1.165, 1.54) is 18.2 Å². The predicted octanol–water partition coefficient (Wildman–Crippen LogP) is 3.44. The lowest BCUT2D eigenvalue weighted by Gasteiger charge is -2.13. The van der Waals surface area contributed by atoms with Gasteiger partial charge in [0.25, 0.3) is 5.69 Å². The maximum atomic E-state index is 12.2. The number of rotatable bonds is 5. The smallest absolute Gasteiger partial charge is 0.293 e. The maximum Gasteiger partial charge on any atom is 0.293 e. The summed E-state index contributed by atoms with van der Waals surface area (Å²) in [6, 6.07) is 9.86. The second-order valence-electron chi connectivity index (χ2n) is 5.78. The first-order valence-corrected chi connectivity index (χ1v) is 7.62. The van der Waals surface area contributed by atoms with E-state index in [1.54, 1.807) is 0 Å². The Kier molecular flexibility index (Phi) is 5.35. The van der Waals surface area contributed by atoms with Gasteiger partial charge in [-0.05, 0) is 44.0 Å². The molecule has 0 saturated heterocycles. The molecule has 0 aliphatic carbocycles. The molecule has 0 aliphatic rings. The Hall–Kier alpha value is -3.40. The summed E-state index contributed by atoms with van der Waals surface area (Å²) in [5.74, 6) is -0.311. The molecule has 0 saturated carbocycles. The van der Waals surface area contributed by atoms with Crippen LogP contribution in [0.2, 0.25) is 0 Å². The molecule has 7 nitrogen and oxygen atoms in total. The van der Waals surface area contributed by atoms with Gasteiger partial charge < -0.3 is 10.6 Å². The average molecular weight is 338 g/mol. The molecule has 1 amide bonds. The molecule has 0 aromatic heterocycles. The summed E-state index contributed by atoms with van der Waals surface area (Å²) >= 11 is 0. The standard InChI is InChI=1S/C18H18N4O3/c1-11-6-12(2)18(13(3)7-11)21-17(23)10-20-15-5-4-14(9-19)8-16(15)22(24)25/h4-8,20H,10H2,1-3H3,(H,21,23). The number of nitrogens with zero attached hydrogens (tertiary/aromatic N) is 2. The molecule has 0 radical (unpaired) electrons. The molecule has 7 heteroatoms. The highest BCUT2D eigenvalue weighted by molar-refractivity contribution is 5.95. The summed E-state index contributed by atoms with van der Waals surface area (Å²) < 4.78 is 0. The number of hydrogen-bond acceptors (Lipinski definition) is 5. The van der Waals surface area contributed by atoms with Gasteiger partial charge >= 0.3 is 0 Å². The van der Waals surface area contributed by atoms with Crippen LogP contribution < -0.4 is 10.6 Å². The summed E-state index contributed by atoms with van der Waals surface area (Å²) in [6.07, 6.45) is 0. The van der Waals surface area contributed by atoms with Crippen LogP contribution in [0.4, 0.5) is 17.1 Å². The Morgan fingerprint density at radius 1 is 1.20 bits per heavy atom. The van der Waals surface area contributed by atoms with Crippen LogP contribution in [0.3, 0.4) is 0 Å². The zero-order chi connectivity index (χ0) is 18.6. The SMILES string of the molecule is Cc1cc(C)c(NC(=O)CNc2ccc(C#N)cc2[N+](=O)[O-])c(C)c1. The number of aryl methyl sites for hydroxylation is 3. The first kappa shape index (κ1) is 17.9. The highest BCUT2D eigenvalue weighted by atomic mass is 16.6. The zero-order valence-electron chi connectivity index (χ0n) is 14.2. The molecule has 2 rings (SSSR count). The van der Waals surface area contributed by atoms with E-state index in [0.29, 0.717) is 0 Å². The van der Waals surface area contributed by atoms with Crippen molar-refractivity contribution >= 4 is 23.0 Å². The fraction of sp³-hybridized carbons (Fsp3) is 0.222. The summed E-state index contributed by atoms with van der Waals surface area (Å²) in [7, 11) is 0. The third kappa shape index (κ3) is 4.32. The molecule has 25 heavy (non-hydrogen) atoms. The lowest BCUT2D eigenvalue weighted by atomic mass is 10.1. The number of nitro groups is 1. The van der Waals surface area contributed by atoms with Gasteiger partial charge in [0.05, 0.1) is 23.1 Å². The van der Waals surface area contributed by atoms with Crippen LogP contribution in [0, 0.1) is 42.2 Å². The molecular weight excluding hydrogens is 320 g/mol. The van der Waals surface area contributed by atoms with E-state index in [0.717, 1.165) is 22.4 Å². The number of nitrogens with one attached hydrogen (secondary N) is 2. The zero-order valence-corrected chi connectivity index (χ0v) is 14.2. The molecule has 0 atom stereocenters. The van der Waals surface area contributed by atoms with Gasteiger partial charge in [-0.1, -0.05) is 17.7 Å². The van der Waals surface area contributed by atoms with Crippen LogP contribution in [0.5, 0.6) is 0 Å². The maximum absolute atomic E-state index is 12.2. The van der Waals surface area contributed by atoms with E-state index in [1.807, 2.05) is 39.0 Å². The summed E-state index contributed by atoms with van der Waals surface area (Å²) in [5.41, 5.74) is 3.90. The Morgan fingerprint density at radius 3 is 2.40 bits per heavy atom. The average Bonchev–Trinajstić information content (AvgIpc) is 2.55. The van der Waals surface area contributed by atoms with E-state index in [2.05, 4.69) is 10.6 Å². The number of nitriles is 1. The first-order chi connectivity index (χ1) is 11.8. The van der Waals surface area contributed by atoms with Crippen molar-refractivity contribution in [2.75, 3.05) is 17.2 Å². The van der Waals surface area contributed by atoms with Gasteiger partial charge in [-0.25, -0.2) is 0 Å². The minimum atomic E-state index is -0.588. The molecule has 0 unspecified atom stereocenters. The molecular formula is C18H18N4O3. The molecule has 2 aromatic rings. The minimum absolute atomic E-state index is 0.125. The van der Waals surface area contributed by atoms with Crippen LogP contribution in [0.25, 0.3) is 0 Å². The van der Waals surface area contributed by atoms with E-state index in [-0.39, 0.29) is 29.4 Å². The number of hydrogen-bond donors (Lipinski definition) is 2. The molecule has 2 N–H and O–H groups in total. The molecule has 0 heterocycles. The molecule has 0 bridgehead atoms. The van der Waals surface area contributed by atoms with E-state index < -0.39 is 4.92 Å². The van der Waals surface area contributed by atoms with Crippen molar-refractivity contribution in [3.8, 4) is 6.07 Å². The van der Waals surface area contributed by atoms with Crippen LogP contribution in [-0.2, 0) is 4.79 Å². The third-order valence-corrected chi connectivity index (χ3v) is 3.70. The van der Waals surface area contributed by atoms with Crippen LogP contribution in [0.15, 0.2) is 30.3 Å². The van der Waals surface area contributed by atoms with Crippen LogP contribution >= 0.6 is 0 Å². The second-order valence-corrected chi connectivity index (χ2v) is 5.78. The quantitative estimate of drug-likeness (QED) is 0.641. The van der Waals surface area contributed by atoms with Gasteiger partial charge in [0.1, 0.15) is 5.69 Å². The Balaban J connectivity index is 2.11. The molecule has 2 aromatic carbocycles. The number of benzene rings is 2. The fourth-order valence-electron chi connectivity index (χ4n) is 2.64. The highest BCUT2D eigenvalue weighted by Gasteiger charge is 2.16. The largest absolute Gasteiger partial charge is 0.371 e. The Morgan fingerprint density at radius 2 is 1.84 bits per heavy atom. The van der Waals surface area contributed by atoms with Gasteiger partial charge in [-0.2, -0.15) is 5.26 Å². The lowest BCUT2D eigenvalue weighted by molar-refractivity contribution is -0.384. The van der Waals surface area contributed by atoms with Crippen molar-refractivity contribution in [3.63, 3.8) is 0 Å². The van der Waals surface area contributed by atoms with E-state index in [9.17, 15) is 14.9 Å². The normalized spacial score (nSPS) is 10.0. The van der Waals surface area contributed by atoms with Gasteiger partial charge in [0.2, 0.25) is 5.91 Å². The number of carbonyl (C=O) groups is 1. The van der Waals surface area contributed by atoms with Gasteiger partial charge in [0, 0.05) is 11.8 Å². The van der Waals surface area contributed by atoms with Gasteiger partial charge in [-0.3, -0.25) is 14.9 Å². The van der Waals surface area contributed by atoms with Crippen molar-refractivity contribution < 1.29 is 9.72 Å². The van der Waals surface area contributed by atoms with Crippen molar-refractivity contribution in [1.82, 2.24) is 0 Å². The van der Waals surface area contributed by atoms with E-state index in [4.69, 9.17) is 5.26 Å². The monoisotopic (exact) mass is 338 g/mol. The van der Waals surface area contributed by atoms with Gasteiger partial charge in [0.15, 0.2) is 0 Å². The Bertz CT molecular complexity index is 861. The molecule has 128 valence electrons. The molecule has 0 spiro atoms. The Labute approximate surface area is 145 Å². The van der Waals surface area contributed by atoms with E-state index >= 15 is 0 Å². The molecule has 0 fully saturated rings. The first-order valence-electron chi connectivity index (χ1n) is 7.62. The second kappa shape index (κ2) is 7.45. The minimum Gasteiger partial charge on any atom is -0.371 e. The topological polar surface area (TPSA) is 108 Å². The molecule has 0 aliphatic heterocycles. The predicted molar refractivity (Wildman–Crippen MR) is 95.6 cm³/mol. The highest BCUT2D eigenvalue weighted by Crippen LogP contribution is 2.25.